The van der Waals surface area contributed by atoms with E-state index < -0.39 is 5.97 Å². The third kappa shape index (κ3) is 3.04. The SMILES string of the molecule is Cc1nn(C)c(C)c1CC(=O)OCC(=O)N1CCc2ccccc21. The minimum absolute atomic E-state index is 0.134. The van der Waals surface area contributed by atoms with Crippen molar-refractivity contribution in [3.63, 3.8) is 0 Å². The fourth-order valence-electron chi connectivity index (χ4n) is 3.09. The molecule has 2 heterocycles. The first-order chi connectivity index (χ1) is 11.5. The molecule has 0 bridgehead atoms. The quantitative estimate of drug-likeness (QED) is 0.802. The number of nitrogens with zero attached hydrogens (tertiary/aromatic N) is 3. The van der Waals surface area contributed by atoms with Gasteiger partial charge in [-0.15, -0.1) is 0 Å². The number of hydrogen-bond donors (Lipinski definition) is 0. The van der Waals surface area contributed by atoms with Gasteiger partial charge >= 0.3 is 5.97 Å². The van der Waals surface area contributed by atoms with Crippen molar-refractivity contribution in [2.45, 2.75) is 26.7 Å². The molecule has 1 aliphatic heterocycles. The molecule has 0 saturated heterocycles. The molecule has 0 aliphatic carbocycles. The molecule has 0 N–H and O–H groups in total. The van der Waals surface area contributed by atoms with Crippen LogP contribution < -0.4 is 4.90 Å². The van der Waals surface area contributed by atoms with Crippen LogP contribution in [0.3, 0.4) is 0 Å². The molecule has 0 saturated carbocycles. The van der Waals surface area contributed by atoms with Gasteiger partial charge in [-0.2, -0.15) is 5.10 Å². The van der Waals surface area contributed by atoms with Crippen molar-refractivity contribution in [3.8, 4) is 0 Å². The van der Waals surface area contributed by atoms with Crippen LogP contribution in [0.2, 0.25) is 0 Å². The summed E-state index contributed by atoms with van der Waals surface area (Å²) in [6.45, 7) is 4.18. The summed E-state index contributed by atoms with van der Waals surface area (Å²) < 4.78 is 6.93. The number of carbonyl (C=O) groups excluding carboxylic acids is 2. The highest BCUT2D eigenvalue weighted by atomic mass is 16.5. The number of amides is 1. The Hall–Kier alpha value is -2.63. The first-order valence-electron chi connectivity index (χ1n) is 8.00. The topological polar surface area (TPSA) is 64.4 Å². The molecule has 1 aromatic heterocycles. The van der Waals surface area contributed by atoms with Crippen molar-refractivity contribution in [3.05, 3.63) is 46.8 Å². The lowest BCUT2D eigenvalue weighted by atomic mass is 10.1. The fourth-order valence-corrected chi connectivity index (χ4v) is 3.09. The van der Waals surface area contributed by atoms with Crippen LogP contribution in [0.1, 0.15) is 22.5 Å². The second-order valence-electron chi connectivity index (χ2n) is 6.03. The van der Waals surface area contributed by atoms with Crippen molar-refractivity contribution >= 4 is 17.6 Å². The van der Waals surface area contributed by atoms with E-state index in [1.54, 1.807) is 9.58 Å². The van der Waals surface area contributed by atoms with E-state index in [-0.39, 0.29) is 18.9 Å². The summed E-state index contributed by atoms with van der Waals surface area (Å²) >= 11 is 0. The zero-order valence-corrected chi connectivity index (χ0v) is 14.2. The van der Waals surface area contributed by atoms with Crippen LogP contribution in [-0.4, -0.2) is 34.8 Å². The van der Waals surface area contributed by atoms with Gasteiger partial charge < -0.3 is 9.64 Å². The number of para-hydroxylation sites is 1. The summed E-state index contributed by atoms with van der Waals surface area (Å²) in [6.07, 6.45) is 0.972. The second kappa shape index (κ2) is 6.47. The van der Waals surface area contributed by atoms with Gasteiger partial charge in [0.05, 0.1) is 12.1 Å². The van der Waals surface area contributed by atoms with Crippen molar-refractivity contribution in [2.24, 2.45) is 7.05 Å². The first kappa shape index (κ1) is 16.2. The number of benzene rings is 1. The van der Waals surface area contributed by atoms with Gasteiger partial charge in [-0.3, -0.25) is 14.3 Å². The predicted octanol–water partition coefficient (Wildman–Crippen LogP) is 1.71. The number of carbonyl (C=O) groups is 2. The predicted molar refractivity (Wildman–Crippen MR) is 89.8 cm³/mol. The van der Waals surface area contributed by atoms with E-state index in [2.05, 4.69) is 5.10 Å². The van der Waals surface area contributed by atoms with Gasteiger partial charge in [0.1, 0.15) is 0 Å². The molecule has 24 heavy (non-hydrogen) atoms. The lowest BCUT2D eigenvalue weighted by molar-refractivity contribution is -0.147. The molecule has 0 atom stereocenters. The van der Waals surface area contributed by atoms with E-state index in [9.17, 15) is 9.59 Å². The fraction of sp³-hybridized carbons (Fsp3) is 0.389. The molecule has 0 unspecified atom stereocenters. The summed E-state index contributed by atoms with van der Waals surface area (Å²) in [6, 6.07) is 7.81. The Morgan fingerprint density at radius 3 is 2.71 bits per heavy atom. The molecular formula is C18H21N3O3. The number of rotatable bonds is 4. The number of ether oxygens (including phenoxy) is 1. The maximum absolute atomic E-state index is 12.3. The van der Waals surface area contributed by atoms with Crippen molar-refractivity contribution in [2.75, 3.05) is 18.1 Å². The number of fused-ring (bicyclic) bond motifs is 1. The minimum atomic E-state index is -0.407. The van der Waals surface area contributed by atoms with Crippen molar-refractivity contribution < 1.29 is 14.3 Å². The van der Waals surface area contributed by atoms with E-state index >= 15 is 0 Å². The largest absolute Gasteiger partial charge is 0.455 e. The first-order valence-corrected chi connectivity index (χ1v) is 8.00. The average molecular weight is 327 g/mol. The lowest BCUT2D eigenvalue weighted by Crippen LogP contribution is -2.33. The summed E-state index contributed by atoms with van der Waals surface area (Å²) in [4.78, 5) is 26.1. The summed E-state index contributed by atoms with van der Waals surface area (Å²) in [7, 11) is 1.84. The molecule has 126 valence electrons. The molecule has 1 amide bonds. The van der Waals surface area contributed by atoms with Crippen LogP contribution in [0.15, 0.2) is 24.3 Å². The molecule has 6 nitrogen and oxygen atoms in total. The number of hydrogen-bond acceptors (Lipinski definition) is 4. The molecule has 6 heteroatoms. The number of esters is 1. The van der Waals surface area contributed by atoms with Crippen LogP contribution in [0.25, 0.3) is 0 Å². The summed E-state index contributed by atoms with van der Waals surface area (Å²) in [5, 5.41) is 4.28. The van der Waals surface area contributed by atoms with Crippen molar-refractivity contribution in [1.29, 1.82) is 0 Å². The normalized spacial score (nSPS) is 13.0. The molecule has 2 aromatic rings. The van der Waals surface area contributed by atoms with E-state index in [0.717, 1.165) is 34.6 Å². The Kier molecular flexibility index (Phi) is 4.38. The van der Waals surface area contributed by atoms with E-state index in [0.29, 0.717) is 6.54 Å². The Balaban J connectivity index is 1.58. The van der Waals surface area contributed by atoms with E-state index in [4.69, 9.17) is 4.74 Å². The van der Waals surface area contributed by atoms with Gasteiger partial charge in [-0.1, -0.05) is 18.2 Å². The maximum Gasteiger partial charge on any atom is 0.310 e. The second-order valence-corrected chi connectivity index (χ2v) is 6.03. The zero-order chi connectivity index (χ0) is 17.3. The van der Waals surface area contributed by atoms with Gasteiger partial charge in [0.15, 0.2) is 6.61 Å². The molecule has 3 rings (SSSR count). The molecule has 1 aromatic carbocycles. The summed E-state index contributed by atoms with van der Waals surface area (Å²) in [5.74, 6) is -0.594. The Morgan fingerprint density at radius 2 is 2.00 bits per heavy atom. The Labute approximate surface area is 141 Å². The van der Waals surface area contributed by atoms with Gasteiger partial charge in [-0.25, -0.2) is 0 Å². The monoisotopic (exact) mass is 327 g/mol. The van der Waals surface area contributed by atoms with Crippen molar-refractivity contribution in [1.82, 2.24) is 9.78 Å². The standard InChI is InChI=1S/C18H21N3O3/c1-12-15(13(2)20(3)19-12)10-18(23)24-11-17(22)21-9-8-14-6-4-5-7-16(14)21/h4-7H,8-11H2,1-3H3. The minimum Gasteiger partial charge on any atom is -0.455 e. The number of anilines is 1. The molecule has 0 fully saturated rings. The molecular weight excluding hydrogens is 306 g/mol. The van der Waals surface area contributed by atoms with E-state index in [1.165, 1.54) is 0 Å². The lowest BCUT2D eigenvalue weighted by Gasteiger charge is -2.17. The molecule has 0 radical (unpaired) electrons. The summed E-state index contributed by atoms with van der Waals surface area (Å²) in [5.41, 5.74) is 4.67. The zero-order valence-electron chi connectivity index (χ0n) is 14.2. The van der Waals surface area contributed by atoms with Gasteiger partial charge in [0.2, 0.25) is 0 Å². The Morgan fingerprint density at radius 1 is 1.25 bits per heavy atom. The number of aryl methyl sites for hydroxylation is 2. The maximum atomic E-state index is 12.3. The highest BCUT2D eigenvalue weighted by Crippen LogP contribution is 2.27. The van der Waals surface area contributed by atoms with Crippen LogP contribution in [0.5, 0.6) is 0 Å². The third-order valence-corrected chi connectivity index (χ3v) is 4.52. The Bertz CT molecular complexity index is 795. The average Bonchev–Trinajstić information content (AvgIpc) is 3.09. The number of aromatic nitrogens is 2. The molecule has 0 spiro atoms. The molecule has 1 aliphatic rings. The van der Waals surface area contributed by atoms with Gasteiger partial charge in [0, 0.05) is 30.5 Å². The highest BCUT2D eigenvalue weighted by Gasteiger charge is 2.25. The van der Waals surface area contributed by atoms with Crippen LogP contribution >= 0.6 is 0 Å². The van der Waals surface area contributed by atoms with Crippen LogP contribution in [0.4, 0.5) is 5.69 Å². The van der Waals surface area contributed by atoms with Crippen LogP contribution in [-0.2, 0) is 34.2 Å². The van der Waals surface area contributed by atoms with Crippen LogP contribution in [0, 0.1) is 13.8 Å². The van der Waals surface area contributed by atoms with E-state index in [1.807, 2.05) is 45.2 Å². The highest BCUT2D eigenvalue weighted by molar-refractivity contribution is 5.97. The van der Waals surface area contributed by atoms with Gasteiger partial charge in [-0.05, 0) is 31.9 Å². The van der Waals surface area contributed by atoms with Gasteiger partial charge in [0.25, 0.3) is 5.91 Å². The smallest absolute Gasteiger partial charge is 0.310 e. The third-order valence-electron chi connectivity index (χ3n) is 4.52.